The molecule has 2 N–H and O–H groups in total. The van der Waals surface area contributed by atoms with Crippen molar-refractivity contribution in [3.63, 3.8) is 0 Å². The zero-order valence-electron chi connectivity index (χ0n) is 10.6. The summed E-state index contributed by atoms with van der Waals surface area (Å²) < 4.78 is 5.19. The van der Waals surface area contributed by atoms with Gasteiger partial charge in [0.1, 0.15) is 5.76 Å². The highest BCUT2D eigenvalue weighted by atomic mass is 16.4. The SMILES string of the molecule is Cc1oc(C(=O)O)cc1CN1CCC(CO)CC1. The summed E-state index contributed by atoms with van der Waals surface area (Å²) in [5, 5.41) is 17.9. The Hall–Kier alpha value is -1.33. The van der Waals surface area contributed by atoms with Crippen LogP contribution in [0.5, 0.6) is 0 Å². The van der Waals surface area contributed by atoms with Gasteiger partial charge < -0.3 is 14.6 Å². The summed E-state index contributed by atoms with van der Waals surface area (Å²) in [6, 6.07) is 1.61. The van der Waals surface area contributed by atoms with Gasteiger partial charge in [-0.2, -0.15) is 0 Å². The second-order valence-corrected chi connectivity index (χ2v) is 4.90. The largest absolute Gasteiger partial charge is 0.475 e. The number of aryl methyl sites for hydroxylation is 1. The van der Waals surface area contributed by atoms with Gasteiger partial charge in [0.05, 0.1) is 0 Å². The number of hydrogen-bond acceptors (Lipinski definition) is 4. The van der Waals surface area contributed by atoms with Crippen molar-refractivity contribution in [1.29, 1.82) is 0 Å². The molecule has 100 valence electrons. The zero-order valence-corrected chi connectivity index (χ0v) is 10.6. The molecule has 1 aromatic heterocycles. The number of nitrogens with zero attached hydrogens (tertiary/aromatic N) is 1. The van der Waals surface area contributed by atoms with Crippen LogP contribution < -0.4 is 0 Å². The third-order valence-corrected chi connectivity index (χ3v) is 3.59. The molecule has 18 heavy (non-hydrogen) atoms. The molecule has 0 aromatic carbocycles. The molecule has 0 bridgehead atoms. The molecule has 2 heterocycles. The highest BCUT2D eigenvalue weighted by Crippen LogP contribution is 2.21. The lowest BCUT2D eigenvalue weighted by Gasteiger charge is -2.30. The van der Waals surface area contributed by atoms with Crippen LogP contribution >= 0.6 is 0 Å². The highest BCUT2D eigenvalue weighted by molar-refractivity contribution is 5.84. The van der Waals surface area contributed by atoms with Gasteiger partial charge in [0.15, 0.2) is 0 Å². The number of likely N-dealkylation sites (tertiary alicyclic amines) is 1. The van der Waals surface area contributed by atoms with Gasteiger partial charge in [0, 0.05) is 18.7 Å². The third kappa shape index (κ3) is 2.91. The van der Waals surface area contributed by atoms with E-state index >= 15 is 0 Å². The topological polar surface area (TPSA) is 73.9 Å². The number of carbonyl (C=O) groups is 1. The number of rotatable bonds is 4. The zero-order chi connectivity index (χ0) is 13.1. The first-order chi connectivity index (χ1) is 8.60. The van der Waals surface area contributed by atoms with Crippen LogP contribution in [0.15, 0.2) is 10.5 Å². The number of carboxylic acid groups (broad SMARTS) is 1. The second-order valence-electron chi connectivity index (χ2n) is 4.90. The van der Waals surface area contributed by atoms with Crippen LogP contribution in [0, 0.1) is 12.8 Å². The first-order valence-electron chi connectivity index (χ1n) is 6.26. The maximum absolute atomic E-state index is 10.8. The maximum atomic E-state index is 10.8. The molecule has 5 heteroatoms. The monoisotopic (exact) mass is 253 g/mol. The van der Waals surface area contributed by atoms with Gasteiger partial charge in [-0.15, -0.1) is 0 Å². The van der Waals surface area contributed by atoms with Gasteiger partial charge in [-0.05, 0) is 44.8 Å². The molecule has 0 spiro atoms. The molecule has 1 aliphatic heterocycles. The van der Waals surface area contributed by atoms with Crippen LogP contribution in [-0.2, 0) is 6.54 Å². The van der Waals surface area contributed by atoms with E-state index in [1.54, 1.807) is 13.0 Å². The van der Waals surface area contributed by atoms with Crippen molar-refractivity contribution < 1.29 is 19.4 Å². The van der Waals surface area contributed by atoms with Gasteiger partial charge in [-0.1, -0.05) is 0 Å². The minimum Gasteiger partial charge on any atom is -0.475 e. The molecule has 1 fully saturated rings. The predicted octanol–water partition coefficient (Wildman–Crippen LogP) is 1.49. The standard InChI is InChI=1S/C13H19NO4/c1-9-11(6-12(18-9)13(16)17)7-14-4-2-10(8-15)3-5-14/h6,10,15H,2-5,7-8H2,1H3,(H,16,17). The molecule has 1 aromatic rings. The van der Waals surface area contributed by atoms with Gasteiger partial charge in [-0.3, -0.25) is 4.90 Å². The van der Waals surface area contributed by atoms with E-state index in [-0.39, 0.29) is 12.4 Å². The Morgan fingerprint density at radius 3 is 2.67 bits per heavy atom. The van der Waals surface area contributed by atoms with Crippen LogP contribution in [0.3, 0.4) is 0 Å². The summed E-state index contributed by atoms with van der Waals surface area (Å²) >= 11 is 0. The van der Waals surface area contributed by atoms with Gasteiger partial charge in [-0.25, -0.2) is 4.79 Å². The lowest BCUT2D eigenvalue weighted by Crippen LogP contribution is -2.34. The van der Waals surface area contributed by atoms with Crippen molar-refractivity contribution in [2.75, 3.05) is 19.7 Å². The number of piperidine rings is 1. The summed E-state index contributed by atoms with van der Waals surface area (Å²) in [5.74, 6) is 0.0778. The smallest absolute Gasteiger partial charge is 0.371 e. The summed E-state index contributed by atoms with van der Waals surface area (Å²) in [6.07, 6.45) is 2.00. The average molecular weight is 253 g/mol. The number of hydrogen-bond donors (Lipinski definition) is 2. The van der Waals surface area contributed by atoms with Gasteiger partial charge >= 0.3 is 5.97 Å². The van der Waals surface area contributed by atoms with Crippen LogP contribution in [-0.4, -0.2) is 40.8 Å². The van der Waals surface area contributed by atoms with Crippen LogP contribution in [0.4, 0.5) is 0 Å². The molecular weight excluding hydrogens is 234 g/mol. The van der Waals surface area contributed by atoms with Crippen molar-refractivity contribution in [3.8, 4) is 0 Å². The summed E-state index contributed by atoms with van der Waals surface area (Å²) in [6.45, 7) is 4.67. The lowest BCUT2D eigenvalue weighted by atomic mass is 9.97. The minimum atomic E-state index is -1.02. The van der Waals surface area contributed by atoms with E-state index in [1.807, 2.05) is 0 Å². The van der Waals surface area contributed by atoms with Crippen molar-refractivity contribution in [3.05, 3.63) is 23.2 Å². The van der Waals surface area contributed by atoms with Crippen molar-refractivity contribution in [2.24, 2.45) is 5.92 Å². The molecule has 0 aliphatic carbocycles. The fourth-order valence-electron chi connectivity index (χ4n) is 2.35. The van der Waals surface area contributed by atoms with Crippen LogP contribution in [0.2, 0.25) is 0 Å². The Kier molecular flexibility index (Phi) is 4.04. The molecule has 5 nitrogen and oxygen atoms in total. The van der Waals surface area contributed by atoms with E-state index in [4.69, 9.17) is 14.6 Å². The van der Waals surface area contributed by atoms with E-state index in [0.717, 1.165) is 38.0 Å². The Morgan fingerprint density at radius 2 is 2.17 bits per heavy atom. The third-order valence-electron chi connectivity index (χ3n) is 3.59. The number of furan rings is 1. The fourth-order valence-corrected chi connectivity index (χ4v) is 2.35. The van der Waals surface area contributed by atoms with Crippen molar-refractivity contribution >= 4 is 5.97 Å². The van der Waals surface area contributed by atoms with Crippen LogP contribution in [0.25, 0.3) is 0 Å². The normalized spacial score (nSPS) is 18.1. The first-order valence-corrected chi connectivity index (χ1v) is 6.26. The van der Waals surface area contributed by atoms with E-state index in [9.17, 15) is 4.79 Å². The Bertz CT molecular complexity index is 419. The number of aliphatic hydroxyl groups is 1. The molecular formula is C13H19NO4. The fraction of sp³-hybridized carbons (Fsp3) is 0.615. The molecule has 0 radical (unpaired) electrons. The van der Waals surface area contributed by atoms with Crippen molar-refractivity contribution in [1.82, 2.24) is 4.90 Å². The number of carboxylic acids is 1. The Morgan fingerprint density at radius 1 is 1.50 bits per heavy atom. The Labute approximate surface area is 106 Å². The molecule has 2 rings (SSSR count). The minimum absolute atomic E-state index is 0.00717. The lowest BCUT2D eigenvalue weighted by molar-refractivity contribution is 0.0661. The molecule has 0 atom stereocenters. The van der Waals surface area contributed by atoms with E-state index in [2.05, 4.69) is 4.90 Å². The highest BCUT2D eigenvalue weighted by Gasteiger charge is 2.20. The Balaban J connectivity index is 1.96. The number of aromatic carboxylic acids is 1. The molecule has 1 aliphatic rings. The maximum Gasteiger partial charge on any atom is 0.371 e. The van der Waals surface area contributed by atoms with Gasteiger partial charge in [0.25, 0.3) is 0 Å². The predicted molar refractivity (Wildman–Crippen MR) is 65.5 cm³/mol. The number of aliphatic hydroxyl groups excluding tert-OH is 1. The quantitative estimate of drug-likeness (QED) is 0.850. The second kappa shape index (κ2) is 5.54. The molecule has 0 saturated carbocycles. The first kappa shape index (κ1) is 13.1. The summed E-state index contributed by atoms with van der Waals surface area (Å²) in [5.41, 5.74) is 0.940. The van der Waals surface area contributed by atoms with Crippen molar-refractivity contribution in [2.45, 2.75) is 26.3 Å². The van der Waals surface area contributed by atoms with E-state index in [0.29, 0.717) is 11.7 Å². The van der Waals surface area contributed by atoms with E-state index in [1.165, 1.54) is 0 Å². The van der Waals surface area contributed by atoms with Gasteiger partial charge in [0.2, 0.25) is 5.76 Å². The summed E-state index contributed by atoms with van der Waals surface area (Å²) in [7, 11) is 0. The molecule has 0 unspecified atom stereocenters. The molecule has 0 amide bonds. The van der Waals surface area contributed by atoms with E-state index < -0.39 is 5.97 Å². The summed E-state index contributed by atoms with van der Waals surface area (Å²) in [4.78, 5) is 13.1. The molecule has 1 saturated heterocycles. The average Bonchev–Trinajstić information content (AvgIpc) is 2.72. The van der Waals surface area contributed by atoms with Crippen LogP contribution in [0.1, 0.15) is 34.7 Å².